The fourth-order valence-corrected chi connectivity index (χ4v) is 2.43. The molecule has 4 nitrogen and oxygen atoms in total. The molecular weight excluding hydrogens is 262 g/mol. The van der Waals surface area contributed by atoms with Crippen molar-refractivity contribution in [1.82, 2.24) is 10.3 Å². The van der Waals surface area contributed by atoms with Gasteiger partial charge in [-0.1, -0.05) is 29.8 Å². The normalized spacial score (nSPS) is 10.7. The molecule has 1 amide bonds. The van der Waals surface area contributed by atoms with Crippen molar-refractivity contribution in [3.05, 3.63) is 65.4 Å². The predicted molar refractivity (Wildman–Crippen MR) is 85.1 cm³/mol. The molecule has 2 aromatic carbocycles. The highest BCUT2D eigenvalue weighted by atomic mass is 16.1. The van der Waals surface area contributed by atoms with Crippen LogP contribution in [0, 0.1) is 6.92 Å². The van der Waals surface area contributed by atoms with Gasteiger partial charge in [-0.2, -0.15) is 0 Å². The van der Waals surface area contributed by atoms with Gasteiger partial charge in [0, 0.05) is 29.3 Å². The smallest absolute Gasteiger partial charge is 0.253 e. The first kappa shape index (κ1) is 13.2. The van der Waals surface area contributed by atoms with Crippen molar-refractivity contribution < 1.29 is 4.79 Å². The molecule has 0 atom stereocenters. The van der Waals surface area contributed by atoms with Crippen LogP contribution in [0.1, 0.15) is 21.5 Å². The number of fused-ring (bicyclic) bond motifs is 1. The Kier molecular flexibility index (Phi) is 3.36. The number of carbonyl (C=O) groups excluding carboxylic acids is 1. The molecule has 0 aliphatic heterocycles. The molecular formula is C17H17N3O. The van der Waals surface area contributed by atoms with E-state index in [1.54, 1.807) is 6.20 Å². The molecule has 0 saturated carbocycles. The van der Waals surface area contributed by atoms with E-state index in [4.69, 9.17) is 5.73 Å². The van der Waals surface area contributed by atoms with Crippen molar-refractivity contribution >= 4 is 22.5 Å². The zero-order chi connectivity index (χ0) is 14.8. The van der Waals surface area contributed by atoms with Crippen LogP contribution in [0.25, 0.3) is 10.9 Å². The minimum atomic E-state index is -0.103. The predicted octanol–water partition coefficient (Wildman–Crippen LogP) is 2.99. The lowest BCUT2D eigenvalue weighted by Crippen LogP contribution is -2.22. The summed E-state index contributed by atoms with van der Waals surface area (Å²) in [4.78, 5) is 15.4. The lowest BCUT2D eigenvalue weighted by Gasteiger charge is -2.05. The quantitative estimate of drug-likeness (QED) is 0.645. The summed E-state index contributed by atoms with van der Waals surface area (Å²) < 4.78 is 0. The second-order valence-corrected chi connectivity index (χ2v) is 5.18. The zero-order valence-corrected chi connectivity index (χ0v) is 11.8. The van der Waals surface area contributed by atoms with E-state index in [1.165, 1.54) is 5.56 Å². The monoisotopic (exact) mass is 279 g/mol. The second kappa shape index (κ2) is 5.32. The first-order chi connectivity index (χ1) is 10.1. The highest BCUT2D eigenvalue weighted by Gasteiger charge is 2.11. The van der Waals surface area contributed by atoms with Gasteiger partial charge in [-0.05, 0) is 30.7 Å². The summed E-state index contributed by atoms with van der Waals surface area (Å²) in [5.74, 6) is -0.103. The van der Waals surface area contributed by atoms with Crippen LogP contribution in [0.3, 0.4) is 0 Å². The van der Waals surface area contributed by atoms with Crippen molar-refractivity contribution in [2.24, 2.45) is 0 Å². The van der Waals surface area contributed by atoms with Gasteiger partial charge in [0.1, 0.15) is 0 Å². The van der Waals surface area contributed by atoms with E-state index in [1.807, 2.05) is 43.3 Å². The maximum Gasteiger partial charge on any atom is 0.253 e. The Bertz CT molecular complexity index is 805. The number of rotatable bonds is 3. The third-order valence-electron chi connectivity index (χ3n) is 3.49. The Morgan fingerprint density at radius 3 is 2.90 bits per heavy atom. The van der Waals surface area contributed by atoms with Gasteiger partial charge < -0.3 is 16.0 Å². The average Bonchev–Trinajstić information content (AvgIpc) is 2.88. The molecule has 4 N–H and O–H groups in total. The molecule has 106 valence electrons. The van der Waals surface area contributed by atoms with Gasteiger partial charge in [0.15, 0.2) is 0 Å². The molecule has 1 heterocycles. The molecule has 3 rings (SSSR count). The van der Waals surface area contributed by atoms with Gasteiger partial charge >= 0.3 is 0 Å². The van der Waals surface area contributed by atoms with E-state index in [2.05, 4.69) is 16.4 Å². The molecule has 0 saturated heterocycles. The van der Waals surface area contributed by atoms with Crippen LogP contribution in [0.4, 0.5) is 5.69 Å². The first-order valence-electron chi connectivity index (χ1n) is 6.84. The van der Waals surface area contributed by atoms with Crippen molar-refractivity contribution in [3.8, 4) is 0 Å². The Hall–Kier alpha value is -2.75. The molecule has 0 spiro atoms. The van der Waals surface area contributed by atoms with E-state index in [9.17, 15) is 4.79 Å². The third kappa shape index (κ3) is 2.74. The van der Waals surface area contributed by atoms with Crippen LogP contribution in [0.5, 0.6) is 0 Å². The highest BCUT2D eigenvalue weighted by Crippen LogP contribution is 2.21. The summed E-state index contributed by atoms with van der Waals surface area (Å²) in [5.41, 5.74) is 10.2. The maximum atomic E-state index is 12.3. The number of anilines is 1. The average molecular weight is 279 g/mol. The number of nitrogens with two attached hydrogens (primary N) is 1. The number of aromatic nitrogens is 1. The van der Waals surface area contributed by atoms with Gasteiger partial charge in [0.2, 0.25) is 0 Å². The number of benzene rings is 2. The number of H-pyrrole nitrogens is 1. The number of amides is 1. The molecule has 0 fully saturated rings. The Balaban J connectivity index is 1.79. The summed E-state index contributed by atoms with van der Waals surface area (Å²) in [7, 11) is 0. The van der Waals surface area contributed by atoms with Crippen LogP contribution < -0.4 is 11.1 Å². The minimum absolute atomic E-state index is 0.103. The van der Waals surface area contributed by atoms with Gasteiger partial charge in [0.05, 0.1) is 5.56 Å². The largest absolute Gasteiger partial charge is 0.399 e. The molecule has 0 aliphatic carbocycles. The fourth-order valence-electron chi connectivity index (χ4n) is 2.43. The molecule has 0 unspecified atom stereocenters. The van der Waals surface area contributed by atoms with Gasteiger partial charge in [-0.15, -0.1) is 0 Å². The molecule has 4 heteroatoms. The molecule has 0 radical (unpaired) electrons. The summed E-state index contributed by atoms with van der Waals surface area (Å²) in [6.45, 7) is 2.54. The number of nitrogens with one attached hydrogen (secondary N) is 2. The topological polar surface area (TPSA) is 70.9 Å². The van der Waals surface area contributed by atoms with Crippen LogP contribution in [-0.4, -0.2) is 10.9 Å². The Morgan fingerprint density at radius 2 is 2.10 bits per heavy atom. The lowest BCUT2D eigenvalue weighted by molar-refractivity contribution is 0.0952. The van der Waals surface area contributed by atoms with Crippen LogP contribution in [-0.2, 0) is 6.54 Å². The number of carbonyl (C=O) groups is 1. The fraction of sp³-hybridized carbons (Fsp3) is 0.118. The lowest BCUT2D eigenvalue weighted by atomic mass is 10.1. The summed E-state index contributed by atoms with van der Waals surface area (Å²) in [6, 6.07) is 13.6. The summed E-state index contributed by atoms with van der Waals surface area (Å²) in [6.07, 6.45) is 1.72. The second-order valence-electron chi connectivity index (χ2n) is 5.18. The molecule has 3 aromatic rings. The van der Waals surface area contributed by atoms with Gasteiger partial charge in [-0.3, -0.25) is 4.79 Å². The van der Waals surface area contributed by atoms with Crippen LogP contribution >= 0.6 is 0 Å². The molecule has 21 heavy (non-hydrogen) atoms. The highest BCUT2D eigenvalue weighted by molar-refractivity contribution is 6.07. The van der Waals surface area contributed by atoms with E-state index < -0.39 is 0 Å². The molecule has 0 bridgehead atoms. The molecule has 1 aromatic heterocycles. The number of aryl methyl sites for hydroxylation is 1. The number of hydrogen-bond acceptors (Lipinski definition) is 2. The van der Waals surface area contributed by atoms with E-state index >= 15 is 0 Å². The van der Waals surface area contributed by atoms with E-state index in [-0.39, 0.29) is 5.91 Å². The zero-order valence-electron chi connectivity index (χ0n) is 11.8. The van der Waals surface area contributed by atoms with E-state index in [0.717, 1.165) is 16.5 Å². The van der Waals surface area contributed by atoms with Crippen molar-refractivity contribution in [3.63, 3.8) is 0 Å². The SMILES string of the molecule is Cc1cccc(CNC(=O)c2c[nH]c3ccc(N)cc23)c1. The Labute approximate surface area is 123 Å². The maximum absolute atomic E-state index is 12.3. The van der Waals surface area contributed by atoms with Crippen molar-refractivity contribution in [2.45, 2.75) is 13.5 Å². The summed E-state index contributed by atoms with van der Waals surface area (Å²) in [5, 5.41) is 3.78. The third-order valence-corrected chi connectivity index (χ3v) is 3.49. The standard InChI is InChI=1S/C17H17N3O/c1-11-3-2-4-12(7-11)9-20-17(21)15-10-19-16-6-5-13(18)8-14(15)16/h2-8,10,19H,9,18H2,1H3,(H,20,21). The van der Waals surface area contributed by atoms with Crippen molar-refractivity contribution in [2.75, 3.05) is 5.73 Å². The van der Waals surface area contributed by atoms with Crippen LogP contribution in [0.15, 0.2) is 48.7 Å². The van der Waals surface area contributed by atoms with Gasteiger partial charge in [0.25, 0.3) is 5.91 Å². The minimum Gasteiger partial charge on any atom is -0.399 e. The Morgan fingerprint density at radius 1 is 1.24 bits per heavy atom. The van der Waals surface area contributed by atoms with Crippen molar-refractivity contribution in [1.29, 1.82) is 0 Å². The number of nitrogen functional groups attached to an aromatic ring is 1. The molecule has 0 aliphatic rings. The van der Waals surface area contributed by atoms with E-state index in [0.29, 0.717) is 17.8 Å². The van der Waals surface area contributed by atoms with Crippen LogP contribution in [0.2, 0.25) is 0 Å². The summed E-state index contributed by atoms with van der Waals surface area (Å²) >= 11 is 0. The number of aromatic amines is 1. The first-order valence-corrected chi connectivity index (χ1v) is 6.84. The number of hydrogen-bond donors (Lipinski definition) is 3. The van der Waals surface area contributed by atoms with Gasteiger partial charge in [-0.25, -0.2) is 0 Å².